The highest BCUT2D eigenvalue weighted by atomic mass is 32.3. The molecule has 1 aliphatic rings. The zero-order chi connectivity index (χ0) is 26.7. The van der Waals surface area contributed by atoms with Crippen molar-refractivity contribution in [2.45, 2.75) is 34.6 Å². The molecular weight excluding hydrogens is 529 g/mol. The predicted octanol–water partition coefficient (Wildman–Crippen LogP) is 5.05. The minimum Gasteiger partial charge on any atom is -0.406 e. The first-order valence-electron chi connectivity index (χ1n) is 10.9. The van der Waals surface area contributed by atoms with Crippen LogP contribution in [0.3, 0.4) is 0 Å². The summed E-state index contributed by atoms with van der Waals surface area (Å²) < 4.78 is 67.6. The molecular formula is C25H19F3N2O5S2. The van der Waals surface area contributed by atoms with Gasteiger partial charge in [-0.3, -0.25) is 14.9 Å². The Hall–Kier alpha value is -3.69. The van der Waals surface area contributed by atoms with E-state index < -0.39 is 42.1 Å². The van der Waals surface area contributed by atoms with Gasteiger partial charge in [0, 0.05) is 30.1 Å². The highest BCUT2D eigenvalue weighted by Crippen LogP contribution is 2.44. The SMILES string of the molecule is O=C1NC(=O)C(CCCC#Cc2ccc(-n3cccc3)cc2)(S(=O)(=O)c2ccc(OC(F)(F)F)cc2)S1. The quantitative estimate of drug-likeness (QED) is 0.328. The second kappa shape index (κ2) is 10.4. The number of nitrogens with one attached hydrogen (secondary N) is 1. The van der Waals surface area contributed by atoms with Gasteiger partial charge in [0.25, 0.3) is 11.1 Å². The molecule has 2 heterocycles. The Morgan fingerprint density at radius 3 is 2.22 bits per heavy atom. The topological polar surface area (TPSA) is 94.5 Å². The van der Waals surface area contributed by atoms with Gasteiger partial charge in [0.05, 0.1) is 4.90 Å². The molecule has 1 aliphatic heterocycles. The number of thioether (sulfide) groups is 1. The van der Waals surface area contributed by atoms with Crippen molar-refractivity contribution in [2.24, 2.45) is 0 Å². The molecule has 37 heavy (non-hydrogen) atoms. The predicted molar refractivity (Wildman–Crippen MR) is 131 cm³/mol. The molecule has 7 nitrogen and oxygen atoms in total. The number of hydrogen-bond donors (Lipinski definition) is 1. The van der Waals surface area contributed by atoms with Gasteiger partial charge in [0.2, 0.25) is 13.9 Å². The lowest BCUT2D eigenvalue weighted by atomic mass is 10.1. The summed E-state index contributed by atoms with van der Waals surface area (Å²) >= 11 is 0.342. The van der Waals surface area contributed by atoms with Gasteiger partial charge in [-0.05, 0) is 85.3 Å². The molecule has 1 N–H and O–H groups in total. The number of carbonyl (C=O) groups is 2. The number of halogens is 3. The molecule has 1 unspecified atom stereocenters. The number of ether oxygens (including phenoxy) is 1. The van der Waals surface area contributed by atoms with Crippen LogP contribution >= 0.6 is 11.8 Å². The Labute approximate surface area is 214 Å². The van der Waals surface area contributed by atoms with E-state index in [9.17, 15) is 31.2 Å². The molecule has 0 bridgehead atoms. The number of alkyl halides is 3. The Kier molecular flexibility index (Phi) is 7.38. The number of benzene rings is 2. The van der Waals surface area contributed by atoms with Crippen molar-refractivity contribution in [2.75, 3.05) is 0 Å². The van der Waals surface area contributed by atoms with Crippen molar-refractivity contribution < 1.29 is 35.9 Å². The maximum absolute atomic E-state index is 13.4. The van der Waals surface area contributed by atoms with Gasteiger partial charge in [0.1, 0.15) is 5.75 Å². The van der Waals surface area contributed by atoms with E-state index in [1.165, 1.54) is 0 Å². The van der Waals surface area contributed by atoms with E-state index in [-0.39, 0.29) is 19.3 Å². The Morgan fingerprint density at radius 2 is 1.65 bits per heavy atom. The van der Waals surface area contributed by atoms with Crippen LogP contribution in [0.5, 0.6) is 5.75 Å². The molecule has 4 rings (SSSR count). The Balaban J connectivity index is 1.47. The zero-order valence-electron chi connectivity index (χ0n) is 19.0. The zero-order valence-corrected chi connectivity index (χ0v) is 20.6. The number of carbonyl (C=O) groups excluding carboxylic acids is 2. The van der Waals surface area contributed by atoms with E-state index in [1.807, 2.05) is 58.7 Å². The van der Waals surface area contributed by atoms with E-state index in [1.54, 1.807) is 0 Å². The van der Waals surface area contributed by atoms with Crippen molar-refractivity contribution in [3.63, 3.8) is 0 Å². The minimum atomic E-state index is -4.94. The van der Waals surface area contributed by atoms with Gasteiger partial charge < -0.3 is 9.30 Å². The maximum Gasteiger partial charge on any atom is 0.573 e. The summed E-state index contributed by atoms with van der Waals surface area (Å²) in [4.78, 5) is 24.2. The fraction of sp³-hybridized carbons (Fsp3) is 0.200. The van der Waals surface area contributed by atoms with Crippen molar-refractivity contribution >= 4 is 32.7 Å². The van der Waals surface area contributed by atoms with Gasteiger partial charge in [-0.1, -0.05) is 11.8 Å². The van der Waals surface area contributed by atoms with Crippen LogP contribution in [0.2, 0.25) is 0 Å². The first kappa shape index (κ1) is 26.4. The normalized spacial score (nSPS) is 17.7. The first-order chi connectivity index (χ1) is 17.5. The monoisotopic (exact) mass is 548 g/mol. The van der Waals surface area contributed by atoms with E-state index in [4.69, 9.17) is 0 Å². The van der Waals surface area contributed by atoms with Gasteiger partial charge in [-0.2, -0.15) is 0 Å². The summed E-state index contributed by atoms with van der Waals surface area (Å²) in [7, 11) is -4.47. The molecule has 2 amide bonds. The summed E-state index contributed by atoms with van der Waals surface area (Å²) in [6.07, 6.45) is -0.914. The standard InChI is InChI=1S/C25H19F3N2O5S2/c26-25(27,28)35-20-11-13-21(14-12-20)37(33,34)24(22(31)29-23(32)36-24)15-3-1-2-6-18-7-9-19(10-8-18)30-16-4-5-17-30/h4-5,7-14,16-17H,1,3,15H2,(H,29,31,32). The lowest BCUT2D eigenvalue weighted by molar-refractivity contribution is -0.274. The van der Waals surface area contributed by atoms with E-state index >= 15 is 0 Å². The second-order valence-corrected chi connectivity index (χ2v) is 11.6. The van der Waals surface area contributed by atoms with Gasteiger partial charge >= 0.3 is 6.36 Å². The van der Waals surface area contributed by atoms with Crippen LogP contribution in [-0.2, 0) is 14.6 Å². The van der Waals surface area contributed by atoms with Crippen LogP contribution < -0.4 is 10.1 Å². The third kappa shape index (κ3) is 5.84. The maximum atomic E-state index is 13.4. The van der Waals surface area contributed by atoms with Crippen molar-refractivity contribution in [1.82, 2.24) is 9.88 Å². The molecule has 0 radical (unpaired) electrons. The average Bonchev–Trinajstić information content (AvgIpc) is 3.47. The number of rotatable bonds is 7. The summed E-state index contributed by atoms with van der Waals surface area (Å²) in [5.41, 5.74) is 1.72. The molecule has 1 aromatic heterocycles. The highest BCUT2D eigenvalue weighted by molar-refractivity contribution is 8.25. The summed E-state index contributed by atoms with van der Waals surface area (Å²) in [6.45, 7) is 0. The molecule has 2 aromatic carbocycles. The number of hydrogen-bond acceptors (Lipinski definition) is 6. The first-order valence-corrected chi connectivity index (χ1v) is 13.2. The molecule has 1 saturated heterocycles. The number of amides is 2. The van der Waals surface area contributed by atoms with Crippen molar-refractivity contribution in [1.29, 1.82) is 0 Å². The number of unbranched alkanes of at least 4 members (excludes halogenated alkanes) is 1. The van der Waals surface area contributed by atoms with Crippen LogP contribution in [0.4, 0.5) is 18.0 Å². The Bertz CT molecular complexity index is 1460. The number of nitrogens with zero attached hydrogens (tertiary/aromatic N) is 1. The number of sulfone groups is 1. The molecule has 0 aliphatic carbocycles. The fourth-order valence-electron chi connectivity index (χ4n) is 3.69. The van der Waals surface area contributed by atoms with Crippen LogP contribution in [0, 0.1) is 11.8 Å². The van der Waals surface area contributed by atoms with E-state index in [0.717, 1.165) is 35.5 Å². The molecule has 192 valence electrons. The molecule has 0 saturated carbocycles. The summed E-state index contributed by atoms with van der Waals surface area (Å²) in [6, 6.07) is 14.8. The lowest BCUT2D eigenvalue weighted by Crippen LogP contribution is -2.43. The smallest absolute Gasteiger partial charge is 0.406 e. The van der Waals surface area contributed by atoms with Crippen LogP contribution in [0.15, 0.2) is 78.0 Å². The third-order valence-corrected chi connectivity index (χ3v) is 9.50. The van der Waals surface area contributed by atoms with Gasteiger partial charge in [0.15, 0.2) is 0 Å². The Morgan fingerprint density at radius 1 is 1.00 bits per heavy atom. The summed E-state index contributed by atoms with van der Waals surface area (Å²) in [5.74, 6) is 4.32. The molecule has 1 fully saturated rings. The van der Waals surface area contributed by atoms with Gasteiger partial charge in [-0.25, -0.2) is 8.42 Å². The average molecular weight is 549 g/mol. The van der Waals surface area contributed by atoms with Gasteiger partial charge in [-0.15, -0.1) is 13.2 Å². The third-order valence-electron chi connectivity index (χ3n) is 5.43. The van der Waals surface area contributed by atoms with Crippen LogP contribution in [0.1, 0.15) is 24.8 Å². The number of aromatic nitrogens is 1. The van der Waals surface area contributed by atoms with E-state index in [2.05, 4.69) is 16.6 Å². The summed E-state index contributed by atoms with van der Waals surface area (Å²) in [5, 5.41) is 1.18. The number of imide groups is 1. The molecule has 12 heteroatoms. The van der Waals surface area contributed by atoms with Crippen molar-refractivity contribution in [3.05, 3.63) is 78.6 Å². The highest BCUT2D eigenvalue weighted by Gasteiger charge is 2.58. The van der Waals surface area contributed by atoms with E-state index in [0.29, 0.717) is 11.8 Å². The largest absolute Gasteiger partial charge is 0.573 e. The van der Waals surface area contributed by atoms with Crippen molar-refractivity contribution in [3.8, 4) is 23.3 Å². The fourth-order valence-corrected chi connectivity index (χ4v) is 7.07. The molecule has 1 atom stereocenters. The molecule has 0 spiro atoms. The minimum absolute atomic E-state index is 0.177. The lowest BCUT2D eigenvalue weighted by Gasteiger charge is -2.24. The van der Waals surface area contributed by atoms with Crippen LogP contribution in [-0.4, -0.2) is 34.6 Å². The van der Waals surface area contributed by atoms with Crippen LogP contribution in [0.25, 0.3) is 5.69 Å². The second-order valence-electron chi connectivity index (χ2n) is 7.91. The molecule has 3 aromatic rings.